The van der Waals surface area contributed by atoms with Gasteiger partial charge in [0.25, 0.3) is 5.91 Å². The molecule has 8 nitrogen and oxygen atoms in total. The number of hydrogen-bond donors (Lipinski definition) is 0. The van der Waals surface area contributed by atoms with Crippen LogP contribution >= 0.6 is 0 Å². The maximum absolute atomic E-state index is 14.0. The van der Waals surface area contributed by atoms with Gasteiger partial charge in [-0.3, -0.25) is 14.5 Å². The Bertz CT molecular complexity index is 1700. The number of rotatable bonds is 4. The van der Waals surface area contributed by atoms with Gasteiger partial charge in [-0.1, -0.05) is 47.6 Å². The fourth-order valence-corrected chi connectivity index (χ4v) is 4.82. The molecule has 0 radical (unpaired) electrons. The van der Waals surface area contributed by atoms with E-state index < -0.39 is 11.9 Å². The smallest absolute Gasteiger partial charge is 0.296 e. The second kappa shape index (κ2) is 7.73. The number of nitrogens with zero attached hydrogens (tertiary/aromatic N) is 2. The molecule has 0 saturated heterocycles. The van der Waals surface area contributed by atoms with Crippen LogP contribution in [0.1, 0.15) is 33.5 Å². The van der Waals surface area contributed by atoms with Crippen LogP contribution in [0.4, 0.5) is 5.82 Å². The molecule has 174 valence electrons. The normalized spacial score (nSPS) is 15.1. The van der Waals surface area contributed by atoms with Crippen molar-refractivity contribution >= 4 is 33.5 Å². The molecule has 0 spiro atoms. The zero-order chi connectivity index (χ0) is 24.3. The molecule has 1 amide bonds. The molecule has 5 aromatic rings. The van der Waals surface area contributed by atoms with Crippen molar-refractivity contribution in [3.8, 4) is 11.5 Å². The van der Waals surface area contributed by atoms with Gasteiger partial charge in [-0.05, 0) is 24.4 Å². The quantitative estimate of drug-likeness (QED) is 0.342. The molecule has 0 N–H and O–H groups in total. The van der Waals surface area contributed by atoms with Gasteiger partial charge < -0.3 is 18.4 Å². The molecule has 3 aromatic carbocycles. The third-order valence-corrected chi connectivity index (χ3v) is 6.35. The molecule has 0 saturated carbocycles. The molecule has 0 fully saturated rings. The van der Waals surface area contributed by atoms with E-state index in [4.69, 9.17) is 18.4 Å². The van der Waals surface area contributed by atoms with Gasteiger partial charge >= 0.3 is 0 Å². The van der Waals surface area contributed by atoms with Gasteiger partial charge in [-0.2, -0.15) is 0 Å². The number of aryl methyl sites for hydroxylation is 1. The van der Waals surface area contributed by atoms with E-state index in [0.29, 0.717) is 33.8 Å². The van der Waals surface area contributed by atoms with Crippen molar-refractivity contribution in [2.24, 2.45) is 0 Å². The van der Waals surface area contributed by atoms with Crippen LogP contribution in [-0.4, -0.2) is 25.3 Å². The minimum absolute atomic E-state index is 0.0330. The summed E-state index contributed by atoms with van der Waals surface area (Å²) in [5, 5.41) is 6.12. The molecule has 6 rings (SSSR count). The van der Waals surface area contributed by atoms with Gasteiger partial charge in [0.2, 0.25) is 5.76 Å². The predicted octanol–water partition coefficient (Wildman–Crippen LogP) is 5.01. The molecule has 0 unspecified atom stereocenters. The summed E-state index contributed by atoms with van der Waals surface area (Å²) in [6.45, 7) is 1.73. The van der Waals surface area contributed by atoms with Gasteiger partial charge in [0.05, 0.1) is 25.2 Å². The van der Waals surface area contributed by atoms with E-state index in [1.807, 2.05) is 30.3 Å². The Morgan fingerprint density at radius 3 is 2.51 bits per heavy atom. The van der Waals surface area contributed by atoms with Crippen LogP contribution in [0.5, 0.6) is 11.5 Å². The topological polar surface area (TPSA) is 95.0 Å². The van der Waals surface area contributed by atoms with Crippen LogP contribution in [0.3, 0.4) is 0 Å². The summed E-state index contributed by atoms with van der Waals surface area (Å²) in [6.07, 6.45) is 0. The maximum atomic E-state index is 14.0. The average Bonchev–Trinajstić information content (AvgIpc) is 3.44. The van der Waals surface area contributed by atoms with Crippen LogP contribution < -0.4 is 19.8 Å². The Morgan fingerprint density at radius 2 is 1.77 bits per heavy atom. The van der Waals surface area contributed by atoms with Crippen LogP contribution in [-0.2, 0) is 0 Å². The molecule has 1 aliphatic rings. The summed E-state index contributed by atoms with van der Waals surface area (Å²) >= 11 is 0. The van der Waals surface area contributed by atoms with Gasteiger partial charge in [-0.25, -0.2) is 0 Å². The number of anilines is 1. The third kappa shape index (κ3) is 2.96. The first-order valence-corrected chi connectivity index (χ1v) is 11.0. The highest BCUT2D eigenvalue weighted by molar-refractivity contribution is 6.12. The largest absolute Gasteiger partial charge is 0.493 e. The van der Waals surface area contributed by atoms with E-state index >= 15 is 0 Å². The second-order valence-corrected chi connectivity index (χ2v) is 8.29. The lowest BCUT2D eigenvalue weighted by molar-refractivity contribution is 0.0969. The Balaban J connectivity index is 1.71. The van der Waals surface area contributed by atoms with Crippen molar-refractivity contribution in [3.05, 3.63) is 93.5 Å². The highest BCUT2D eigenvalue weighted by Gasteiger charge is 2.46. The number of carbonyl (C=O) groups excluding carboxylic acids is 1. The number of benzene rings is 3. The second-order valence-electron chi connectivity index (χ2n) is 8.29. The lowest BCUT2D eigenvalue weighted by atomic mass is 9.96. The Hall–Kier alpha value is -4.59. The van der Waals surface area contributed by atoms with Gasteiger partial charge in [0, 0.05) is 17.0 Å². The van der Waals surface area contributed by atoms with Crippen molar-refractivity contribution in [1.29, 1.82) is 0 Å². The van der Waals surface area contributed by atoms with Crippen molar-refractivity contribution in [2.45, 2.75) is 13.0 Å². The number of ether oxygens (including phenoxy) is 2. The van der Waals surface area contributed by atoms with Crippen LogP contribution in [0.2, 0.25) is 0 Å². The minimum atomic E-state index is -0.862. The summed E-state index contributed by atoms with van der Waals surface area (Å²) in [5.41, 5.74) is 0.852. The van der Waals surface area contributed by atoms with Crippen LogP contribution in [0.25, 0.3) is 21.7 Å². The van der Waals surface area contributed by atoms with Crippen LogP contribution in [0, 0.1) is 6.92 Å². The molecular weight excluding hydrogens is 448 g/mol. The number of para-hydroxylation sites is 1. The number of aromatic nitrogens is 1. The monoisotopic (exact) mass is 468 g/mol. The molecule has 0 aliphatic carbocycles. The standard InChI is InChI=1S/C27H20N2O6/c1-14-13-20(28-35-14)29-22(17-9-6-10-19(32-2)25(17)33-3)21-23(30)18-12-11-15-7-4-5-8-16(15)24(18)34-26(21)27(29)31/h4-13,22H,1-3H3/t22-/m0/s1. The molecule has 2 aromatic heterocycles. The third-order valence-electron chi connectivity index (χ3n) is 6.35. The van der Waals surface area contributed by atoms with Crippen LogP contribution in [0.15, 0.2) is 74.4 Å². The van der Waals surface area contributed by atoms with E-state index in [9.17, 15) is 9.59 Å². The summed E-state index contributed by atoms with van der Waals surface area (Å²) in [7, 11) is 3.04. The number of methoxy groups -OCH3 is 2. The first-order valence-electron chi connectivity index (χ1n) is 11.0. The summed E-state index contributed by atoms with van der Waals surface area (Å²) in [5.74, 6) is 1.14. The maximum Gasteiger partial charge on any atom is 0.296 e. The Kier molecular flexibility index (Phi) is 4.63. The highest BCUT2D eigenvalue weighted by atomic mass is 16.5. The molecule has 1 atom stereocenters. The Morgan fingerprint density at radius 1 is 0.943 bits per heavy atom. The fraction of sp³-hybridized carbons (Fsp3) is 0.148. The number of fused-ring (bicyclic) bond motifs is 4. The van der Waals surface area contributed by atoms with E-state index in [2.05, 4.69) is 5.16 Å². The molecule has 35 heavy (non-hydrogen) atoms. The number of carbonyl (C=O) groups is 1. The zero-order valence-corrected chi connectivity index (χ0v) is 19.2. The van der Waals surface area contributed by atoms with Crippen molar-refractivity contribution in [1.82, 2.24) is 5.16 Å². The van der Waals surface area contributed by atoms with E-state index in [-0.39, 0.29) is 22.6 Å². The first kappa shape index (κ1) is 21.0. The summed E-state index contributed by atoms with van der Waals surface area (Å²) in [6, 6.07) is 17.3. The van der Waals surface area contributed by atoms with Crippen molar-refractivity contribution < 1.29 is 23.2 Å². The predicted molar refractivity (Wildman–Crippen MR) is 129 cm³/mol. The minimum Gasteiger partial charge on any atom is -0.493 e. The average molecular weight is 468 g/mol. The number of amides is 1. The summed E-state index contributed by atoms with van der Waals surface area (Å²) in [4.78, 5) is 29.2. The fourth-order valence-electron chi connectivity index (χ4n) is 4.82. The van der Waals surface area contributed by atoms with Gasteiger partial charge in [0.1, 0.15) is 17.4 Å². The molecule has 0 bridgehead atoms. The van der Waals surface area contributed by atoms with E-state index in [1.54, 1.807) is 37.3 Å². The lowest BCUT2D eigenvalue weighted by Crippen LogP contribution is -2.30. The van der Waals surface area contributed by atoms with Gasteiger partial charge in [-0.15, -0.1) is 0 Å². The van der Waals surface area contributed by atoms with E-state index in [1.165, 1.54) is 19.1 Å². The Labute approximate surface area is 199 Å². The van der Waals surface area contributed by atoms with Crippen molar-refractivity contribution in [2.75, 3.05) is 19.1 Å². The SMILES string of the molecule is COc1cccc([C@H]2c3c(oc4c(ccc5ccccc54)c3=O)C(=O)N2c2cc(C)on2)c1OC. The molecule has 3 heterocycles. The molecule has 1 aliphatic heterocycles. The highest BCUT2D eigenvalue weighted by Crippen LogP contribution is 2.46. The van der Waals surface area contributed by atoms with Crippen molar-refractivity contribution in [3.63, 3.8) is 0 Å². The lowest BCUT2D eigenvalue weighted by Gasteiger charge is -2.24. The molecular formula is C27H20N2O6. The van der Waals surface area contributed by atoms with Gasteiger partial charge in [0.15, 0.2) is 22.7 Å². The zero-order valence-electron chi connectivity index (χ0n) is 19.2. The van der Waals surface area contributed by atoms with E-state index in [0.717, 1.165) is 10.8 Å². The molecule has 8 heteroatoms. The first-order chi connectivity index (χ1) is 17.0. The summed E-state index contributed by atoms with van der Waals surface area (Å²) < 4.78 is 22.6. The number of hydrogen-bond acceptors (Lipinski definition) is 7.